The Morgan fingerprint density at radius 3 is 1.14 bits per heavy atom. The number of hydrogen-bond acceptors (Lipinski definition) is 0. The summed E-state index contributed by atoms with van der Waals surface area (Å²) in [5, 5.41) is 0. The van der Waals surface area contributed by atoms with Crippen molar-refractivity contribution in [3.8, 4) is 0 Å². The predicted molar refractivity (Wildman–Crippen MR) is 33.1 cm³/mol. The van der Waals surface area contributed by atoms with Crippen molar-refractivity contribution in [2.75, 3.05) is 21.1 Å². The molecule has 0 aromatic rings. The van der Waals surface area contributed by atoms with Gasteiger partial charge in [0.05, 0.1) is 21.1 Å². The zero-order valence-electron chi connectivity index (χ0n) is 4.83. The second kappa shape index (κ2) is 15.7. The van der Waals surface area contributed by atoms with Gasteiger partial charge in [0.2, 0.25) is 0 Å². The van der Waals surface area contributed by atoms with Crippen LogP contribution in [0.15, 0.2) is 0 Å². The number of quaternary nitrogens is 1. The Balaban J connectivity index is -0.0000000480. The third-order valence-corrected chi connectivity index (χ3v) is 0. The fourth-order valence-corrected chi connectivity index (χ4v) is 0. The van der Waals surface area contributed by atoms with Gasteiger partial charge in [0.1, 0.15) is 0 Å². The average Bonchev–Trinajstić information content (AvgIpc) is 1.41. The molecule has 0 heterocycles. The van der Waals surface area contributed by atoms with Gasteiger partial charge < -0.3 is 17.3 Å². The summed E-state index contributed by atoms with van der Waals surface area (Å²) in [4.78, 5) is 1.42. The van der Waals surface area contributed by atoms with Crippen molar-refractivity contribution in [2.24, 2.45) is 0 Å². The molecule has 0 saturated heterocycles. The van der Waals surface area contributed by atoms with Crippen molar-refractivity contribution in [3.05, 3.63) is 0 Å². The van der Waals surface area contributed by atoms with E-state index in [0.29, 0.717) is 0 Å². The molecule has 0 bridgehead atoms. The van der Waals surface area contributed by atoms with Gasteiger partial charge in [0.25, 0.3) is 0 Å². The number of hydrogen-bond donors (Lipinski definition) is 1. The van der Waals surface area contributed by atoms with E-state index >= 15 is 0 Å². The Morgan fingerprint density at radius 1 is 1.14 bits per heavy atom. The van der Waals surface area contributed by atoms with Crippen LogP contribution in [-0.4, -0.2) is 43.0 Å². The van der Waals surface area contributed by atoms with E-state index in [9.17, 15) is 0 Å². The molecular formula is C3H12Cl2NSb. The summed E-state index contributed by atoms with van der Waals surface area (Å²) in [7, 11) is 11.0. The van der Waals surface area contributed by atoms with Crippen molar-refractivity contribution >= 4 is 30.7 Å². The molecule has 0 radical (unpaired) electrons. The Kier molecular flexibility index (Phi) is 35.3. The van der Waals surface area contributed by atoms with Gasteiger partial charge in [-0.05, 0) is 0 Å². The second-order valence-corrected chi connectivity index (χ2v) is 1.50. The maximum atomic E-state index is 4.77. The number of nitrogens with one attached hydrogen (secondary N) is 1. The summed E-state index contributed by atoms with van der Waals surface area (Å²) in [5.74, 6) is 0. The van der Waals surface area contributed by atoms with Gasteiger partial charge in [0.15, 0.2) is 0 Å². The van der Waals surface area contributed by atoms with Crippen LogP contribution in [-0.2, 0) is 0 Å². The van der Waals surface area contributed by atoms with Gasteiger partial charge in [-0.25, -0.2) is 0 Å². The van der Waals surface area contributed by atoms with E-state index in [1.165, 1.54) is 4.90 Å². The molecule has 0 unspecified atom stereocenters. The molecule has 4 heteroatoms. The second-order valence-electron chi connectivity index (χ2n) is 1.50. The van der Waals surface area contributed by atoms with Gasteiger partial charge in [-0.3, -0.25) is 0 Å². The summed E-state index contributed by atoms with van der Waals surface area (Å²) >= 11 is 0.822. The molecule has 0 amide bonds. The zero-order chi connectivity index (χ0) is 5.58. The Morgan fingerprint density at radius 2 is 1.14 bits per heavy atom. The van der Waals surface area contributed by atoms with E-state index in [-0.39, 0.29) is 12.4 Å². The summed E-state index contributed by atoms with van der Waals surface area (Å²) in [6.45, 7) is 0. The molecule has 0 aromatic carbocycles. The molecule has 0 fully saturated rings. The van der Waals surface area contributed by atoms with E-state index in [4.69, 9.17) is 8.83 Å². The van der Waals surface area contributed by atoms with E-state index < -0.39 is 0 Å². The van der Waals surface area contributed by atoms with E-state index in [1.54, 1.807) is 0 Å². The summed E-state index contributed by atoms with van der Waals surface area (Å²) in [6.07, 6.45) is 0. The first kappa shape index (κ1) is 15.8. The van der Waals surface area contributed by atoms with Crippen LogP contribution in [0.2, 0.25) is 0 Å². The molecule has 48 valence electrons. The molecule has 1 N–H and O–H groups in total. The van der Waals surface area contributed by atoms with Crippen LogP contribution in [0.3, 0.4) is 0 Å². The first-order chi connectivity index (χ1) is 2.73. The molecule has 0 aromatic heterocycles. The third kappa shape index (κ3) is 115. The summed E-state index contributed by atoms with van der Waals surface area (Å²) in [6, 6.07) is 0. The molecule has 0 saturated carbocycles. The molecule has 0 rings (SSSR count). The molecule has 0 atom stereocenters. The van der Waals surface area contributed by atoms with E-state index in [1.807, 2.05) is 0 Å². The predicted octanol–water partition coefficient (Wildman–Crippen LogP) is -4.46. The van der Waals surface area contributed by atoms with Gasteiger partial charge >= 0.3 is 30.7 Å². The molecule has 0 aliphatic carbocycles. The van der Waals surface area contributed by atoms with Crippen molar-refractivity contribution in [2.45, 2.75) is 0 Å². The van der Waals surface area contributed by atoms with Crippen molar-refractivity contribution in [3.63, 3.8) is 0 Å². The van der Waals surface area contributed by atoms with Crippen molar-refractivity contribution in [1.82, 2.24) is 0 Å². The van der Waals surface area contributed by atoms with E-state index in [2.05, 4.69) is 21.1 Å². The fraction of sp³-hybridized carbons (Fsp3) is 1.00. The number of halogens is 2. The van der Waals surface area contributed by atoms with Crippen LogP contribution in [0.25, 0.3) is 0 Å². The van der Waals surface area contributed by atoms with Crippen LogP contribution >= 0.6 is 8.83 Å². The van der Waals surface area contributed by atoms with Gasteiger partial charge in [-0.2, -0.15) is 0 Å². The van der Waals surface area contributed by atoms with Crippen LogP contribution < -0.4 is 17.3 Å². The van der Waals surface area contributed by atoms with Gasteiger partial charge in [0, 0.05) is 0 Å². The molecule has 0 aliphatic rings. The first-order valence-electron chi connectivity index (χ1n) is 1.72. The minimum absolute atomic E-state index is 0. The summed E-state index contributed by atoms with van der Waals surface area (Å²) in [5.41, 5.74) is 0. The molecular weight excluding hydrogens is 243 g/mol. The minimum atomic E-state index is 0. The normalized spacial score (nSPS) is 6.00. The molecule has 7 heavy (non-hydrogen) atoms. The molecule has 0 spiro atoms. The van der Waals surface area contributed by atoms with Crippen LogP contribution in [0.5, 0.6) is 0 Å². The Bertz CT molecular complexity index is 17.7. The topological polar surface area (TPSA) is 4.44 Å². The monoisotopic (exact) mass is 253 g/mol. The Labute approximate surface area is 69.0 Å². The molecule has 0 aliphatic heterocycles. The quantitative estimate of drug-likeness (QED) is 0.416. The average molecular weight is 255 g/mol. The van der Waals surface area contributed by atoms with Gasteiger partial charge in [-0.1, -0.05) is 0 Å². The van der Waals surface area contributed by atoms with Crippen LogP contribution in [0.4, 0.5) is 0 Å². The first-order valence-corrected chi connectivity index (χ1v) is 5.89. The SMILES string of the molecule is C[NH+](C)C.[Cl-].[Cl][SbH2]. The number of rotatable bonds is 0. The third-order valence-electron chi connectivity index (χ3n) is 0. The maximum absolute atomic E-state index is 4.77. The van der Waals surface area contributed by atoms with Crippen LogP contribution in [0, 0.1) is 0 Å². The van der Waals surface area contributed by atoms with Gasteiger partial charge in [-0.15, -0.1) is 0 Å². The van der Waals surface area contributed by atoms with Crippen molar-refractivity contribution in [1.29, 1.82) is 0 Å². The van der Waals surface area contributed by atoms with Crippen molar-refractivity contribution < 1.29 is 17.3 Å². The fourth-order valence-electron chi connectivity index (χ4n) is 0. The Hall–Kier alpha value is 1.36. The zero-order valence-corrected chi connectivity index (χ0v) is 9.64. The summed E-state index contributed by atoms with van der Waals surface area (Å²) < 4.78 is 0. The standard InChI is InChI=1S/C3H9N.2ClH.Sb.2H/c1-4(2)3;;;;;/h1-3H3;2*1H;;;/q;;;+1;;/p-1. The molecule has 1 nitrogen and oxygen atoms in total. The van der Waals surface area contributed by atoms with E-state index in [0.717, 1.165) is 21.9 Å². The van der Waals surface area contributed by atoms with Crippen LogP contribution in [0.1, 0.15) is 0 Å².